The maximum Gasteiger partial charge on any atom is 0.165 e. The Balaban J connectivity index is 2.62. The molecule has 0 aliphatic heterocycles. The van der Waals surface area contributed by atoms with Crippen LogP contribution in [0.5, 0.6) is 11.5 Å². The van der Waals surface area contributed by atoms with Crippen molar-refractivity contribution in [2.45, 2.75) is 26.7 Å². The zero-order valence-electron chi connectivity index (χ0n) is 11.8. The summed E-state index contributed by atoms with van der Waals surface area (Å²) < 4.78 is 0. The third kappa shape index (κ3) is 1.64. The third-order valence-corrected chi connectivity index (χ3v) is 4.07. The predicted molar refractivity (Wildman–Crippen MR) is 83.5 cm³/mol. The molecule has 20 heavy (non-hydrogen) atoms. The Labute approximate surface area is 118 Å². The molecule has 0 unspecified atom stereocenters. The topological polar surface area (TPSA) is 40.5 Å². The van der Waals surface area contributed by atoms with Gasteiger partial charge in [-0.25, -0.2) is 0 Å². The molecule has 3 aromatic carbocycles. The average Bonchev–Trinajstić information content (AvgIpc) is 2.49. The lowest BCUT2D eigenvalue weighted by Crippen LogP contribution is -1.95. The molecule has 0 spiro atoms. The highest BCUT2D eigenvalue weighted by Gasteiger charge is 2.17. The average molecular weight is 266 g/mol. The number of rotatable bonds is 2. The van der Waals surface area contributed by atoms with Gasteiger partial charge in [0.05, 0.1) is 0 Å². The van der Waals surface area contributed by atoms with E-state index in [0.717, 1.165) is 39.1 Å². The molecule has 0 aromatic heterocycles. The zero-order chi connectivity index (χ0) is 14.3. The van der Waals surface area contributed by atoms with Crippen LogP contribution in [0, 0.1) is 0 Å². The molecule has 0 aliphatic carbocycles. The maximum atomic E-state index is 10.3. The van der Waals surface area contributed by atoms with Gasteiger partial charge in [0.15, 0.2) is 11.5 Å². The molecule has 2 heteroatoms. The quantitative estimate of drug-likeness (QED) is 0.528. The summed E-state index contributed by atoms with van der Waals surface area (Å²) in [5, 5.41) is 24.6. The van der Waals surface area contributed by atoms with E-state index in [4.69, 9.17) is 0 Å². The number of aryl methyl sites for hydroxylation is 1. The van der Waals surface area contributed by atoms with Gasteiger partial charge in [0.1, 0.15) is 0 Å². The first-order chi connectivity index (χ1) is 9.69. The van der Waals surface area contributed by atoms with Crippen molar-refractivity contribution >= 4 is 21.5 Å². The Morgan fingerprint density at radius 1 is 0.750 bits per heavy atom. The van der Waals surface area contributed by atoms with Crippen molar-refractivity contribution in [1.82, 2.24) is 0 Å². The molecule has 0 heterocycles. The Morgan fingerprint density at radius 3 is 2.15 bits per heavy atom. The number of aromatic hydroxyl groups is 2. The van der Waals surface area contributed by atoms with Crippen LogP contribution in [0.1, 0.15) is 25.0 Å². The van der Waals surface area contributed by atoms with Gasteiger partial charge < -0.3 is 10.2 Å². The summed E-state index contributed by atoms with van der Waals surface area (Å²) in [6.07, 6.45) is 1.54. The molecular weight excluding hydrogens is 248 g/mol. The fourth-order valence-corrected chi connectivity index (χ4v) is 3.13. The standard InChI is InChI=1S/C18H18O2/c1-3-12-13(4-2)17(19)18(20)15-10-9-11-7-5-6-8-14(11)16(12)15/h5-10,19-20H,3-4H2,1-2H3. The van der Waals surface area contributed by atoms with Crippen LogP contribution in [-0.4, -0.2) is 10.2 Å². The first kappa shape index (κ1) is 12.8. The first-order valence-electron chi connectivity index (χ1n) is 7.06. The SMILES string of the molecule is CCc1c(O)c(O)c2ccc3ccccc3c2c1CC. The van der Waals surface area contributed by atoms with E-state index < -0.39 is 0 Å². The highest BCUT2D eigenvalue weighted by molar-refractivity contribution is 6.12. The lowest BCUT2D eigenvalue weighted by atomic mass is 9.90. The van der Waals surface area contributed by atoms with Crippen molar-refractivity contribution in [3.05, 3.63) is 47.5 Å². The Kier molecular flexibility index (Phi) is 3.01. The van der Waals surface area contributed by atoms with Crippen LogP contribution >= 0.6 is 0 Å². The van der Waals surface area contributed by atoms with Gasteiger partial charge in [-0.05, 0) is 40.6 Å². The number of hydrogen-bond donors (Lipinski definition) is 2. The smallest absolute Gasteiger partial charge is 0.165 e. The van der Waals surface area contributed by atoms with Crippen LogP contribution in [0.15, 0.2) is 36.4 Å². The molecule has 2 N–H and O–H groups in total. The molecule has 0 amide bonds. The van der Waals surface area contributed by atoms with E-state index in [1.807, 2.05) is 31.2 Å². The number of hydrogen-bond acceptors (Lipinski definition) is 2. The summed E-state index contributed by atoms with van der Waals surface area (Å²) in [5.74, 6) is 0.0342. The summed E-state index contributed by atoms with van der Waals surface area (Å²) in [4.78, 5) is 0. The molecule has 0 saturated heterocycles. The predicted octanol–water partition coefficient (Wildman–Crippen LogP) is 4.53. The monoisotopic (exact) mass is 266 g/mol. The highest BCUT2D eigenvalue weighted by Crippen LogP contribution is 2.43. The molecule has 3 aromatic rings. The van der Waals surface area contributed by atoms with Crippen molar-refractivity contribution < 1.29 is 10.2 Å². The van der Waals surface area contributed by atoms with Crippen LogP contribution in [0.3, 0.4) is 0 Å². The molecule has 0 aliphatic rings. The van der Waals surface area contributed by atoms with Crippen LogP contribution < -0.4 is 0 Å². The van der Waals surface area contributed by atoms with Crippen molar-refractivity contribution in [2.24, 2.45) is 0 Å². The molecule has 0 radical (unpaired) electrons. The molecule has 2 nitrogen and oxygen atoms in total. The van der Waals surface area contributed by atoms with Crippen molar-refractivity contribution in [1.29, 1.82) is 0 Å². The molecular formula is C18H18O2. The van der Waals surface area contributed by atoms with E-state index in [9.17, 15) is 10.2 Å². The fraction of sp³-hybridized carbons (Fsp3) is 0.222. The molecule has 0 bridgehead atoms. The van der Waals surface area contributed by atoms with Crippen molar-refractivity contribution in [2.75, 3.05) is 0 Å². The molecule has 0 atom stereocenters. The highest BCUT2D eigenvalue weighted by atomic mass is 16.3. The maximum absolute atomic E-state index is 10.3. The van der Waals surface area contributed by atoms with E-state index in [0.29, 0.717) is 6.42 Å². The second-order valence-corrected chi connectivity index (χ2v) is 5.07. The van der Waals surface area contributed by atoms with Crippen LogP contribution in [0.2, 0.25) is 0 Å². The molecule has 0 saturated carbocycles. The lowest BCUT2D eigenvalue weighted by Gasteiger charge is -2.16. The summed E-state index contributed by atoms with van der Waals surface area (Å²) in [6.45, 7) is 4.09. The van der Waals surface area contributed by atoms with E-state index in [1.165, 1.54) is 0 Å². The lowest BCUT2D eigenvalue weighted by molar-refractivity contribution is 0.403. The Hall–Kier alpha value is -2.22. The van der Waals surface area contributed by atoms with E-state index in [2.05, 4.69) is 19.1 Å². The summed E-state index contributed by atoms with van der Waals surface area (Å²) in [6, 6.07) is 12.1. The van der Waals surface area contributed by atoms with Gasteiger partial charge in [-0.3, -0.25) is 0 Å². The normalized spacial score (nSPS) is 11.3. The van der Waals surface area contributed by atoms with Gasteiger partial charge in [0.25, 0.3) is 0 Å². The van der Waals surface area contributed by atoms with Gasteiger partial charge in [-0.15, -0.1) is 0 Å². The minimum Gasteiger partial charge on any atom is -0.504 e. The molecule has 3 rings (SSSR count). The molecule has 0 fully saturated rings. The van der Waals surface area contributed by atoms with E-state index in [-0.39, 0.29) is 11.5 Å². The van der Waals surface area contributed by atoms with E-state index >= 15 is 0 Å². The third-order valence-electron chi connectivity index (χ3n) is 4.07. The number of benzene rings is 3. The van der Waals surface area contributed by atoms with Gasteiger partial charge in [0.2, 0.25) is 0 Å². The fourth-order valence-electron chi connectivity index (χ4n) is 3.13. The van der Waals surface area contributed by atoms with Gasteiger partial charge >= 0.3 is 0 Å². The summed E-state index contributed by atoms with van der Waals surface area (Å²) >= 11 is 0. The zero-order valence-corrected chi connectivity index (χ0v) is 11.8. The minimum absolute atomic E-state index is 0.000182. The number of fused-ring (bicyclic) bond motifs is 3. The minimum atomic E-state index is -0.000182. The Bertz CT molecular complexity index is 803. The van der Waals surface area contributed by atoms with E-state index in [1.54, 1.807) is 0 Å². The van der Waals surface area contributed by atoms with Crippen LogP contribution in [-0.2, 0) is 12.8 Å². The number of phenols is 2. The Morgan fingerprint density at radius 2 is 1.45 bits per heavy atom. The van der Waals surface area contributed by atoms with Crippen molar-refractivity contribution in [3.63, 3.8) is 0 Å². The van der Waals surface area contributed by atoms with Gasteiger partial charge in [0, 0.05) is 10.9 Å². The summed E-state index contributed by atoms with van der Waals surface area (Å²) in [5.41, 5.74) is 1.99. The van der Waals surface area contributed by atoms with Crippen LogP contribution in [0.25, 0.3) is 21.5 Å². The number of phenolic OH excluding ortho intramolecular Hbond substituents is 2. The van der Waals surface area contributed by atoms with Gasteiger partial charge in [-0.2, -0.15) is 0 Å². The first-order valence-corrected chi connectivity index (χ1v) is 7.06. The van der Waals surface area contributed by atoms with Crippen molar-refractivity contribution in [3.8, 4) is 11.5 Å². The van der Waals surface area contributed by atoms with Gasteiger partial charge in [-0.1, -0.05) is 44.2 Å². The largest absolute Gasteiger partial charge is 0.504 e. The second kappa shape index (κ2) is 4.71. The van der Waals surface area contributed by atoms with Crippen LogP contribution in [0.4, 0.5) is 0 Å². The molecule has 102 valence electrons. The second-order valence-electron chi connectivity index (χ2n) is 5.07. The summed E-state index contributed by atoms with van der Waals surface area (Å²) in [7, 11) is 0.